The van der Waals surface area contributed by atoms with Gasteiger partial charge in [-0.15, -0.1) is 0 Å². The van der Waals surface area contributed by atoms with Gasteiger partial charge in [-0.25, -0.2) is 9.78 Å². The van der Waals surface area contributed by atoms with Crippen LogP contribution in [0.4, 0.5) is 0 Å². The number of hydrogen-bond donors (Lipinski definition) is 1. The maximum atomic E-state index is 11.5. The quantitative estimate of drug-likeness (QED) is 0.805. The fraction of sp³-hybridized carbons (Fsp3) is 0.400. The molecule has 0 aromatic carbocycles. The molecule has 15 heavy (non-hydrogen) atoms. The van der Waals surface area contributed by atoms with Gasteiger partial charge in [0.2, 0.25) is 0 Å². The van der Waals surface area contributed by atoms with E-state index in [2.05, 4.69) is 17.6 Å². The molecule has 0 fully saturated rings. The normalized spacial score (nSPS) is 13.2. The number of aromatic nitrogens is 2. The zero-order valence-corrected chi connectivity index (χ0v) is 9.28. The third-order valence-corrected chi connectivity index (χ3v) is 2.85. The Morgan fingerprint density at radius 3 is 3.20 bits per heavy atom. The molecule has 0 aliphatic heterocycles. The first-order valence-corrected chi connectivity index (χ1v) is 5.41. The number of rotatable bonds is 3. The van der Waals surface area contributed by atoms with Gasteiger partial charge in [0, 0.05) is 12.7 Å². The lowest BCUT2D eigenvalue weighted by Gasteiger charge is -2.06. The molecule has 1 atom stereocenters. The Morgan fingerprint density at radius 1 is 1.67 bits per heavy atom. The molecule has 0 amide bonds. The SMILES string of the molecule is CC(CS)Cn1c(=O)oc2cccnc21. The molecule has 0 aliphatic carbocycles. The molecular weight excluding hydrogens is 212 g/mol. The average Bonchev–Trinajstić information content (AvgIpc) is 2.55. The molecule has 0 saturated carbocycles. The van der Waals surface area contributed by atoms with Crippen molar-refractivity contribution in [3.8, 4) is 0 Å². The van der Waals surface area contributed by atoms with E-state index in [1.807, 2.05) is 6.92 Å². The molecule has 1 unspecified atom stereocenters. The summed E-state index contributed by atoms with van der Waals surface area (Å²) in [4.78, 5) is 15.7. The van der Waals surface area contributed by atoms with Crippen LogP contribution in [0.3, 0.4) is 0 Å². The molecule has 2 rings (SSSR count). The fourth-order valence-corrected chi connectivity index (χ4v) is 1.55. The third-order valence-electron chi connectivity index (χ3n) is 2.23. The molecule has 0 saturated heterocycles. The van der Waals surface area contributed by atoms with E-state index < -0.39 is 0 Å². The summed E-state index contributed by atoms with van der Waals surface area (Å²) in [6.07, 6.45) is 1.65. The highest BCUT2D eigenvalue weighted by molar-refractivity contribution is 7.80. The second-order valence-corrected chi connectivity index (χ2v) is 3.96. The van der Waals surface area contributed by atoms with E-state index in [4.69, 9.17) is 4.42 Å². The monoisotopic (exact) mass is 224 g/mol. The first-order valence-electron chi connectivity index (χ1n) is 4.77. The Hall–Kier alpha value is -1.23. The molecule has 0 bridgehead atoms. The zero-order chi connectivity index (χ0) is 10.8. The second kappa shape index (κ2) is 4.10. The predicted molar refractivity (Wildman–Crippen MR) is 61.3 cm³/mol. The summed E-state index contributed by atoms with van der Waals surface area (Å²) < 4.78 is 6.62. The molecule has 0 N–H and O–H groups in total. The Morgan fingerprint density at radius 2 is 2.47 bits per heavy atom. The summed E-state index contributed by atoms with van der Waals surface area (Å²) >= 11 is 4.19. The van der Waals surface area contributed by atoms with E-state index in [-0.39, 0.29) is 5.76 Å². The van der Waals surface area contributed by atoms with Gasteiger partial charge in [0.15, 0.2) is 11.2 Å². The Kier molecular flexibility index (Phi) is 2.81. The number of pyridine rings is 1. The van der Waals surface area contributed by atoms with Crippen molar-refractivity contribution in [3.63, 3.8) is 0 Å². The molecule has 2 aromatic rings. The summed E-state index contributed by atoms with van der Waals surface area (Å²) in [5, 5.41) is 0. The van der Waals surface area contributed by atoms with Gasteiger partial charge in [-0.2, -0.15) is 12.6 Å². The van der Waals surface area contributed by atoms with E-state index >= 15 is 0 Å². The van der Waals surface area contributed by atoms with Crippen LogP contribution in [0.25, 0.3) is 11.2 Å². The highest BCUT2D eigenvalue weighted by Crippen LogP contribution is 2.11. The molecule has 2 heterocycles. The summed E-state index contributed by atoms with van der Waals surface area (Å²) in [6, 6.07) is 3.49. The van der Waals surface area contributed by atoms with Gasteiger partial charge in [-0.05, 0) is 23.8 Å². The van der Waals surface area contributed by atoms with E-state index in [1.54, 1.807) is 22.9 Å². The van der Waals surface area contributed by atoms with E-state index in [1.165, 1.54) is 0 Å². The van der Waals surface area contributed by atoms with Gasteiger partial charge >= 0.3 is 5.76 Å². The van der Waals surface area contributed by atoms with Crippen LogP contribution >= 0.6 is 12.6 Å². The van der Waals surface area contributed by atoms with Gasteiger partial charge in [-0.1, -0.05) is 6.92 Å². The number of nitrogens with zero attached hydrogens (tertiary/aromatic N) is 2. The maximum absolute atomic E-state index is 11.5. The Labute approximate surface area is 92.3 Å². The Bertz CT molecular complexity index is 517. The molecule has 0 aliphatic rings. The van der Waals surface area contributed by atoms with Crippen molar-refractivity contribution in [1.29, 1.82) is 0 Å². The highest BCUT2D eigenvalue weighted by Gasteiger charge is 2.11. The zero-order valence-electron chi connectivity index (χ0n) is 8.38. The van der Waals surface area contributed by atoms with E-state index in [0.717, 1.165) is 5.75 Å². The molecule has 80 valence electrons. The molecular formula is C10H12N2O2S. The van der Waals surface area contributed by atoms with Gasteiger partial charge in [0.05, 0.1) is 0 Å². The van der Waals surface area contributed by atoms with Crippen molar-refractivity contribution in [2.75, 3.05) is 5.75 Å². The van der Waals surface area contributed by atoms with Crippen molar-refractivity contribution < 1.29 is 4.42 Å². The fourth-order valence-electron chi connectivity index (χ4n) is 1.43. The third kappa shape index (κ3) is 1.92. The standard InChI is InChI=1S/C10H12N2O2S/c1-7(6-15)5-12-9-8(14-10(12)13)3-2-4-11-9/h2-4,7,15H,5-6H2,1H3. The van der Waals surface area contributed by atoms with Crippen molar-refractivity contribution in [2.24, 2.45) is 5.92 Å². The molecule has 0 radical (unpaired) electrons. The van der Waals surface area contributed by atoms with Crippen molar-refractivity contribution in [1.82, 2.24) is 9.55 Å². The maximum Gasteiger partial charge on any atom is 0.421 e. The van der Waals surface area contributed by atoms with Crippen LogP contribution in [0.15, 0.2) is 27.5 Å². The van der Waals surface area contributed by atoms with Crippen LogP contribution < -0.4 is 5.76 Å². The highest BCUT2D eigenvalue weighted by atomic mass is 32.1. The summed E-state index contributed by atoms with van der Waals surface area (Å²) in [5.74, 6) is 0.692. The lowest BCUT2D eigenvalue weighted by molar-refractivity contribution is 0.461. The van der Waals surface area contributed by atoms with Crippen LogP contribution in [0.2, 0.25) is 0 Å². The van der Waals surface area contributed by atoms with Crippen LogP contribution in [0.5, 0.6) is 0 Å². The van der Waals surface area contributed by atoms with Gasteiger partial charge < -0.3 is 4.42 Å². The smallest absolute Gasteiger partial charge is 0.406 e. The summed E-state index contributed by atoms with van der Waals surface area (Å²) in [5.41, 5.74) is 1.14. The minimum atomic E-state index is -0.350. The van der Waals surface area contributed by atoms with Gasteiger partial charge in [0.25, 0.3) is 0 Å². The van der Waals surface area contributed by atoms with Gasteiger partial charge in [-0.3, -0.25) is 4.57 Å². The average molecular weight is 224 g/mol. The first-order chi connectivity index (χ1) is 7.22. The van der Waals surface area contributed by atoms with Crippen LogP contribution in [-0.2, 0) is 6.54 Å². The van der Waals surface area contributed by atoms with Crippen molar-refractivity contribution in [3.05, 3.63) is 28.9 Å². The number of fused-ring (bicyclic) bond motifs is 1. The summed E-state index contributed by atoms with van der Waals surface area (Å²) in [6.45, 7) is 2.62. The second-order valence-electron chi connectivity index (χ2n) is 3.59. The number of hydrogen-bond acceptors (Lipinski definition) is 4. The molecule has 4 nitrogen and oxygen atoms in total. The van der Waals surface area contributed by atoms with Crippen LogP contribution in [0.1, 0.15) is 6.92 Å². The molecule has 0 spiro atoms. The first kappa shape index (κ1) is 10.3. The molecule has 5 heteroatoms. The van der Waals surface area contributed by atoms with Crippen molar-refractivity contribution in [2.45, 2.75) is 13.5 Å². The van der Waals surface area contributed by atoms with Gasteiger partial charge in [0.1, 0.15) is 0 Å². The minimum absolute atomic E-state index is 0.314. The van der Waals surface area contributed by atoms with Crippen LogP contribution in [0, 0.1) is 5.92 Å². The topological polar surface area (TPSA) is 48.0 Å². The largest absolute Gasteiger partial charge is 0.421 e. The lowest BCUT2D eigenvalue weighted by Crippen LogP contribution is -2.19. The Balaban J connectivity index is 2.50. The number of oxazole rings is 1. The minimum Gasteiger partial charge on any atom is -0.406 e. The number of thiol groups is 1. The predicted octanol–water partition coefficient (Wildman–Crippen LogP) is 1.56. The van der Waals surface area contributed by atoms with Crippen LogP contribution in [-0.4, -0.2) is 15.3 Å². The lowest BCUT2D eigenvalue weighted by atomic mass is 10.2. The van der Waals surface area contributed by atoms with Crippen molar-refractivity contribution >= 4 is 23.9 Å². The van der Waals surface area contributed by atoms with E-state index in [9.17, 15) is 4.79 Å². The van der Waals surface area contributed by atoms with E-state index in [0.29, 0.717) is 23.7 Å². The molecule has 2 aromatic heterocycles. The summed E-state index contributed by atoms with van der Waals surface area (Å²) in [7, 11) is 0.